The standard InChI is InChI=1S/C25H31N3O2/c1-6-28-16-21(18(2)27-28)15-26-24(29)20-9-7-8-19(14-20)17-30-23-12-10-22(11-13-23)25(3,4)5/h7-14,16H,6,15,17H2,1-5H3,(H,26,29). The van der Waals surface area contributed by atoms with Crippen LogP contribution in [-0.4, -0.2) is 15.7 Å². The zero-order chi connectivity index (χ0) is 21.7. The molecule has 1 amide bonds. The van der Waals surface area contributed by atoms with E-state index in [1.165, 1.54) is 5.56 Å². The average molecular weight is 406 g/mol. The molecule has 3 rings (SSSR count). The Bertz CT molecular complexity index is 998. The van der Waals surface area contributed by atoms with Crippen molar-refractivity contribution in [2.75, 3.05) is 0 Å². The largest absolute Gasteiger partial charge is 0.489 e. The van der Waals surface area contributed by atoms with Gasteiger partial charge in [0, 0.05) is 30.4 Å². The summed E-state index contributed by atoms with van der Waals surface area (Å²) in [6.45, 7) is 12.3. The summed E-state index contributed by atoms with van der Waals surface area (Å²) in [4.78, 5) is 12.6. The lowest BCUT2D eigenvalue weighted by molar-refractivity contribution is 0.0950. The first kappa shape index (κ1) is 21.6. The summed E-state index contributed by atoms with van der Waals surface area (Å²) in [6.07, 6.45) is 1.98. The van der Waals surface area contributed by atoms with Gasteiger partial charge in [0.1, 0.15) is 12.4 Å². The normalized spacial score (nSPS) is 11.4. The Labute approximate surface area is 179 Å². The van der Waals surface area contributed by atoms with Gasteiger partial charge in [0.05, 0.1) is 5.69 Å². The topological polar surface area (TPSA) is 56.2 Å². The molecule has 30 heavy (non-hydrogen) atoms. The summed E-state index contributed by atoms with van der Waals surface area (Å²) in [7, 11) is 0. The highest BCUT2D eigenvalue weighted by molar-refractivity contribution is 5.94. The Hall–Kier alpha value is -3.08. The molecule has 5 nitrogen and oxygen atoms in total. The Morgan fingerprint density at radius 1 is 1.13 bits per heavy atom. The summed E-state index contributed by atoms with van der Waals surface area (Å²) in [5.41, 5.74) is 4.94. The van der Waals surface area contributed by atoms with Gasteiger partial charge in [-0.05, 0) is 54.7 Å². The number of carbonyl (C=O) groups excluding carboxylic acids is 1. The highest BCUT2D eigenvalue weighted by Crippen LogP contribution is 2.24. The minimum absolute atomic E-state index is 0.102. The fourth-order valence-electron chi connectivity index (χ4n) is 3.19. The SMILES string of the molecule is CCn1cc(CNC(=O)c2cccc(COc3ccc(C(C)(C)C)cc3)c2)c(C)n1. The average Bonchev–Trinajstić information content (AvgIpc) is 3.10. The number of aromatic nitrogens is 2. The molecule has 1 aromatic heterocycles. The van der Waals surface area contributed by atoms with Gasteiger partial charge in [-0.25, -0.2) is 0 Å². The van der Waals surface area contributed by atoms with Crippen molar-refractivity contribution in [1.82, 2.24) is 15.1 Å². The monoisotopic (exact) mass is 405 g/mol. The first-order valence-electron chi connectivity index (χ1n) is 10.4. The molecule has 158 valence electrons. The van der Waals surface area contributed by atoms with Crippen molar-refractivity contribution in [2.45, 2.75) is 59.7 Å². The number of aryl methyl sites for hydroxylation is 2. The molecule has 0 fully saturated rings. The minimum atomic E-state index is -0.102. The van der Waals surface area contributed by atoms with Crippen molar-refractivity contribution in [3.05, 3.63) is 82.7 Å². The lowest BCUT2D eigenvalue weighted by Gasteiger charge is -2.19. The van der Waals surface area contributed by atoms with Gasteiger partial charge < -0.3 is 10.1 Å². The van der Waals surface area contributed by atoms with Gasteiger partial charge in [0.15, 0.2) is 0 Å². The van der Waals surface area contributed by atoms with Gasteiger partial charge in [0.2, 0.25) is 0 Å². The molecule has 1 N–H and O–H groups in total. The van der Waals surface area contributed by atoms with E-state index in [4.69, 9.17) is 4.74 Å². The van der Waals surface area contributed by atoms with E-state index in [0.29, 0.717) is 18.7 Å². The number of hydrogen-bond donors (Lipinski definition) is 1. The zero-order valence-electron chi connectivity index (χ0n) is 18.5. The third-order valence-electron chi connectivity index (χ3n) is 5.13. The van der Waals surface area contributed by atoms with Crippen LogP contribution in [0.2, 0.25) is 0 Å². The Morgan fingerprint density at radius 2 is 1.87 bits per heavy atom. The van der Waals surface area contributed by atoms with Crippen molar-refractivity contribution < 1.29 is 9.53 Å². The molecule has 0 aliphatic carbocycles. The van der Waals surface area contributed by atoms with Crippen LogP contribution in [0.25, 0.3) is 0 Å². The highest BCUT2D eigenvalue weighted by atomic mass is 16.5. The second-order valence-corrected chi connectivity index (χ2v) is 8.54. The first-order valence-corrected chi connectivity index (χ1v) is 10.4. The maximum Gasteiger partial charge on any atom is 0.251 e. The maximum atomic E-state index is 12.6. The van der Waals surface area contributed by atoms with Gasteiger partial charge in [0.25, 0.3) is 5.91 Å². The van der Waals surface area contributed by atoms with Gasteiger partial charge in [-0.1, -0.05) is 45.0 Å². The molecule has 0 saturated heterocycles. The third-order valence-corrected chi connectivity index (χ3v) is 5.13. The van der Waals surface area contributed by atoms with E-state index in [1.807, 2.05) is 61.1 Å². The smallest absolute Gasteiger partial charge is 0.251 e. The summed E-state index contributed by atoms with van der Waals surface area (Å²) >= 11 is 0. The van der Waals surface area contributed by atoms with E-state index in [0.717, 1.165) is 29.1 Å². The van der Waals surface area contributed by atoms with Crippen LogP contribution in [0.3, 0.4) is 0 Å². The lowest BCUT2D eigenvalue weighted by atomic mass is 9.87. The molecule has 0 saturated carbocycles. The number of nitrogens with zero attached hydrogens (tertiary/aromatic N) is 2. The predicted molar refractivity (Wildman–Crippen MR) is 120 cm³/mol. The van der Waals surface area contributed by atoms with Crippen molar-refractivity contribution in [2.24, 2.45) is 0 Å². The predicted octanol–water partition coefficient (Wildman–Crippen LogP) is 5.02. The summed E-state index contributed by atoms with van der Waals surface area (Å²) in [5.74, 6) is 0.719. The van der Waals surface area contributed by atoms with E-state index in [2.05, 4.69) is 43.3 Å². The van der Waals surface area contributed by atoms with Gasteiger partial charge in [-0.3, -0.25) is 9.48 Å². The summed E-state index contributed by atoms with van der Waals surface area (Å²) in [5, 5.41) is 7.40. The summed E-state index contributed by atoms with van der Waals surface area (Å²) < 4.78 is 7.79. The number of rotatable bonds is 7. The van der Waals surface area contributed by atoms with Gasteiger partial charge >= 0.3 is 0 Å². The second kappa shape index (κ2) is 9.16. The van der Waals surface area contributed by atoms with Crippen molar-refractivity contribution in [1.29, 1.82) is 0 Å². The molecule has 3 aromatic rings. The molecular formula is C25H31N3O2. The van der Waals surface area contributed by atoms with Crippen molar-refractivity contribution in [3.8, 4) is 5.75 Å². The Morgan fingerprint density at radius 3 is 2.50 bits per heavy atom. The van der Waals surface area contributed by atoms with Crippen LogP contribution >= 0.6 is 0 Å². The number of ether oxygens (including phenoxy) is 1. The van der Waals surface area contributed by atoms with Crippen LogP contribution in [0, 0.1) is 6.92 Å². The fraction of sp³-hybridized carbons (Fsp3) is 0.360. The van der Waals surface area contributed by atoms with E-state index in [9.17, 15) is 4.79 Å². The zero-order valence-corrected chi connectivity index (χ0v) is 18.5. The molecule has 5 heteroatoms. The van der Waals surface area contributed by atoms with Crippen LogP contribution in [0.5, 0.6) is 5.75 Å². The Kier molecular flexibility index (Phi) is 6.60. The molecular weight excluding hydrogens is 374 g/mol. The number of amides is 1. The molecule has 0 aliphatic heterocycles. The van der Waals surface area contributed by atoms with Crippen LogP contribution in [0.15, 0.2) is 54.7 Å². The molecule has 0 aliphatic rings. The van der Waals surface area contributed by atoms with Crippen LogP contribution in [0.4, 0.5) is 0 Å². The lowest BCUT2D eigenvalue weighted by Crippen LogP contribution is -2.23. The molecule has 0 bridgehead atoms. The first-order chi connectivity index (χ1) is 14.3. The van der Waals surface area contributed by atoms with E-state index in [1.54, 1.807) is 0 Å². The molecule has 0 radical (unpaired) electrons. The van der Waals surface area contributed by atoms with E-state index < -0.39 is 0 Å². The minimum Gasteiger partial charge on any atom is -0.489 e. The van der Waals surface area contributed by atoms with E-state index in [-0.39, 0.29) is 11.3 Å². The van der Waals surface area contributed by atoms with Crippen LogP contribution in [-0.2, 0) is 25.1 Å². The molecule has 0 unspecified atom stereocenters. The molecule has 0 spiro atoms. The maximum absolute atomic E-state index is 12.6. The van der Waals surface area contributed by atoms with Crippen molar-refractivity contribution >= 4 is 5.91 Å². The molecule has 0 atom stereocenters. The summed E-state index contributed by atoms with van der Waals surface area (Å²) in [6, 6.07) is 15.7. The van der Waals surface area contributed by atoms with E-state index >= 15 is 0 Å². The second-order valence-electron chi connectivity index (χ2n) is 8.54. The van der Waals surface area contributed by atoms with Crippen molar-refractivity contribution in [3.63, 3.8) is 0 Å². The van der Waals surface area contributed by atoms with Gasteiger partial charge in [-0.15, -0.1) is 0 Å². The van der Waals surface area contributed by atoms with Gasteiger partial charge in [-0.2, -0.15) is 5.10 Å². The third kappa shape index (κ3) is 5.50. The number of nitrogens with one attached hydrogen (secondary N) is 1. The number of carbonyl (C=O) groups is 1. The number of benzene rings is 2. The molecule has 1 heterocycles. The van der Waals surface area contributed by atoms with Crippen LogP contribution < -0.4 is 10.1 Å². The van der Waals surface area contributed by atoms with Crippen LogP contribution in [0.1, 0.15) is 60.4 Å². The quantitative estimate of drug-likeness (QED) is 0.601. The molecule has 2 aromatic carbocycles. The highest BCUT2D eigenvalue weighted by Gasteiger charge is 2.13. The Balaban J connectivity index is 1.58. The fourth-order valence-corrected chi connectivity index (χ4v) is 3.19. The number of hydrogen-bond acceptors (Lipinski definition) is 3.